The first-order valence-electron chi connectivity index (χ1n) is 6.90. The van der Waals surface area contributed by atoms with Crippen molar-refractivity contribution >= 4 is 16.2 Å². The number of hydrogen-bond acceptors (Lipinski definition) is 3. The standard InChI is InChI=1S/C12H26N2O4S/c1-3-10-14(11-4-2)19(17,18)13-9-7-5-6-8-12(15)16/h13H,3-11H2,1-2H3,(H,15,16). The lowest BCUT2D eigenvalue weighted by molar-refractivity contribution is -0.137. The van der Waals surface area contributed by atoms with Crippen LogP contribution in [0.25, 0.3) is 0 Å². The third-order valence-electron chi connectivity index (χ3n) is 2.64. The molecule has 0 atom stereocenters. The van der Waals surface area contributed by atoms with Gasteiger partial charge in [-0.25, -0.2) is 4.72 Å². The molecule has 0 bridgehead atoms. The Labute approximate surface area is 116 Å². The maximum atomic E-state index is 12.0. The molecule has 114 valence electrons. The topological polar surface area (TPSA) is 86.7 Å². The van der Waals surface area contributed by atoms with Crippen LogP contribution in [-0.4, -0.2) is 43.4 Å². The molecule has 0 aromatic rings. The highest BCUT2D eigenvalue weighted by Gasteiger charge is 2.19. The number of aliphatic carboxylic acids is 1. The molecule has 0 amide bonds. The van der Waals surface area contributed by atoms with Crippen molar-refractivity contribution in [2.24, 2.45) is 0 Å². The van der Waals surface area contributed by atoms with Crippen molar-refractivity contribution in [3.05, 3.63) is 0 Å². The zero-order valence-corrected chi connectivity index (χ0v) is 12.7. The molecule has 0 aromatic carbocycles. The average Bonchev–Trinajstić information content (AvgIpc) is 2.33. The Balaban J connectivity index is 3.97. The normalized spacial score (nSPS) is 11.9. The molecule has 0 rings (SSSR count). The maximum absolute atomic E-state index is 12.0. The van der Waals surface area contributed by atoms with E-state index in [1.165, 1.54) is 4.31 Å². The highest BCUT2D eigenvalue weighted by Crippen LogP contribution is 2.03. The van der Waals surface area contributed by atoms with E-state index in [2.05, 4.69) is 4.72 Å². The highest BCUT2D eigenvalue weighted by atomic mass is 32.2. The Morgan fingerprint density at radius 2 is 1.68 bits per heavy atom. The SMILES string of the molecule is CCCN(CCC)S(=O)(=O)NCCCCCC(=O)O. The van der Waals surface area contributed by atoms with E-state index < -0.39 is 16.2 Å². The van der Waals surface area contributed by atoms with Crippen molar-refractivity contribution in [3.8, 4) is 0 Å². The first-order chi connectivity index (χ1) is 8.94. The zero-order valence-electron chi connectivity index (χ0n) is 11.9. The van der Waals surface area contributed by atoms with Gasteiger partial charge >= 0.3 is 5.97 Å². The van der Waals surface area contributed by atoms with Gasteiger partial charge in [0.25, 0.3) is 10.2 Å². The fraction of sp³-hybridized carbons (Fsp3) is 0.917. The van der Waals surface area contributed by atoms with Crippen LogP contribution in [0.3, 0.4) is 0 Å². The number of carbonyl (C=O) groups is 1. The van der Waals surface area contributed by atoms with Gasteiger partial charge in [-0.05, 0) is 25.7 Å². The summed E-state index contributed by atoms with van der Waals surface area (Å²) in [4.78, 5) is 10.3. The van der Waals surface area contributed by atoms with Gasteiger partial charge < -0.3 is 5.11 Å². The summed E-state index contributed by atoms with van der Waals surface area (Å²) < 4.78 is 28.0. The van der Waals surface area contributed by atoms with Crippen molar-refractivity contribution in [1.82, 2.24) is 9.03 Å². The number of nitrogens with one attached hydrogen (secondary N) is 1. The van der Waals surface area contributed by atoms with Gasteiger partial charge in [0.1, 0.15) is 0 Å². The maximum Gasteiger partial charge on any atom is 0.303 e. The number of hydrogen-bond donors (Lipinski definition) is 2. The van der Waals surface area contributed by atoms with Crippen molar-refractivity contribution in [2.75, 3.05) is 19.6 Å². The van der Waals surface area contributed by atoms with Crippen molar-refractivity contribution in [1.29, 1.82) is 0 Å². The molecule has 7 heteroatoms. The van der Waals surface area contributed by atoms with Crippen LogP contribution in [0, 0.1) is 0 Å². The summed E-state index contributed by atoms with van der Waals surface area (Å²) in [6.45, 7) is 5.32. The smallest absolute Gasteiger partial charge is 0.303 e. The van der Waals surface area contributed by atoms with E-state index in [-0.39, 0.29) is 6.42 Å². The molecule has 6 nitrogen and oxygen atoms in total. The fourth-order valence-electron chi connectivity index (χ4n) is 1.72. The highest BCUT2D eigenvalue weighted by molar-refractivity contribution is 7.87. The van der Waals surface area contributed by atoms with Crippen LogP contribution in [0.5, 0.6) is 0 Å². The third kappa shape index (κ3) is 8.96. The molecule has 0 fully saturated rings. The van der Waals surface area contributed by atoms with Crippen LogP contribution in [-0.2, 0) is 15.0 Å². The predicted molar refractivity (Wildman–Crippen MR) is 75.2 cm³/mol. The summed E-state index contributed by atoms with van der Waals surface area (Å²) in [5, 5.41) is 8.47. The van der Waals surface area contributed by atoms with Crippen LogP contribution >= 0.6 is 0 Å². The van der Waals surface area contributed by atoms with Gasteiger partial charge in [0.05, 0.1) is 0 Å². The molecular formula is C12H26N2O4S. The molecule has 2 N–H and O–H groups in total. The van der Waals surface area contributed by atoms with Crippen molar-refractivity contribution < 1.29 is 18.3 Å². The molecule has 0 saturated carbocycles. The van der Waals surface area contributed by atoms with Gasteiger partial charge in [-0.3, -0.25) is 4.79 Å². The Bertz CT molecular complexity index is 338. The lowest BCUT2D eigenvalue weighted by Gasteiger charge is -2.21. The minimum atomic E-state index is -3.38. The largest absolute Gasteiger partial charge is 0.481 e. The molecule has 0 aliphatic heterocycles. The number of carboxylic acid groups (broad SMARTS) is 1. The molecule has 0 unspecified atom stereocenters. The van der Waals surface area contributed by atoms with E-state index in [0.717, 1.165) is 19.3 Å². The van der Waals surface area contributed by atoms with Gasteiger partial charge in [0, 0.05) is 26.1 Å². The summed E-state index contributed by atoms with van der Waals surface area (Å²) in [5.41, 5.74) is 0. The second-order valence-corrected chi connectivity index (χ2v) is 6.26. The summed E-state index contributed by atoms with van der Waals surface area (Å²) in [7, 11) is -3.38. The van der Waals surface area contributed by atoms with E-state index in [4.69, 9.17) is 5.11 Å². The van der Waals surface area contributed by atoms with Crippen LogP contribution < -0.4 is 4.72 Å². The minimum Gasteiger partial charge on any atom is -0.481 e. The third-order valence-corrected chi connectivity index (χ3v) is 4.25. The minimum absolute atomic E-state index is 0.143. The van der Waals surface area contributed by atoms with Crippen LogP contribution in [0.2, 0.25) is 0 Å². The molecule has 0 aromatic heterocycles. The van der Waals surface area contributed by atoms with E-state index >= 15 is 0 Å². The van der Waals surface area contributed by atoms with E-state index in [1.807, 2.05) is 13.8 Å². The quantitative estimate of drug-likeness (QED) is 0.535. The van der Waals surface area contributed by atoms with Gasteiger partial charge in [-0.2, -0.15) is 12.7 Å². The zero-order chi connectivity index (χ0) is 14.7. The first kappa shape index (κ1) is 18.3. The summed E-state index contributed by atoms with van der Waals surface area (Å²) in [6, 6.07) is 0. The molecule has 0 spiro atoms. The molecule has 0 radical (unpaired) electrons. The number of nitrogens with zero attached hydrogens (tertiary/aromatic N) is 1. The molecule has 0 heterocycles. The Morgan fingerprint density at radius 1 is 1.11 bits per heavy atom. The van der Waals surface area contributed by atoms with Gasteiger partial charge in [0.2, 0.25) is 0 Å². The van der Waals surface area contributed by atoms with E-state index in [0.29, 0.717) is 32.5 Å². The van der Waals surface area contributed by atoms with Gasteiger partial charge in [-0.15, -0.1) is 0 Å². The molecular weight excluding hydrogens is 268 g/mol. The number of rotatable bonds is 12. The van der Waals surface area contributed by atoms with E-state index in [9.17, 15) is 13.2 Å². The Kier molecular flexibility index (Phi) is 9.81. The second-order valence-electron chi connectivity index (χ2n) is 4.50. The first-order valence-corrected chi connectivity index (χ1v) is 8.34. The van der Waals surface area contributed by atoms with E-state index in [1.54, 1.807) is 0 Å². The number of unbranched alkanes of at least 4 members (excludes halogenated alkanes) is 2. The number of carboxylic acids is 1. The van der Waals surface area contributed by atoms with Crippen molar-refractivity contribution in [2.45, 2.75) is 52.4 Å². The monoisotopic (exact) mass is 294 g/mol. The molecule has 19 heavy (non-hydrogen) atoms. The summed E-state index contributed by atoms with van der Waals surface area (Å²) in [5.74, 6) is -0.808. The second kappa shape index (κ2) is 10.2. The molecule has 0 aliphatic rings. The van der Waals surface area contributed by atoms with Crippen LogP contribution in [0.1, 0.15) is 52.4 Å². The lowest BCUT2D eigenvalue weighted by atomic mass is 10.2. The molecule has 0 aliphatic carbocycles. The predicted octanol–water partition coefficient (Wildman–Crippen LogP) is 1.59. The van der Waals surface area contributed by atoms with Crippen molar-refractivity contribution in [3.63, 3.8) is 0 Å². The van der Waals surface area contributed by atoms with Crippen LogP contribution in [0.4, 0.5) is 0 Å². The Morgan fingerprint density at radius 3 is 2.16 bits per heavy atom. The molecule has 0 saturated heterocycles. The van der Waals surface area contributed by atoms with Gasteiger partial charge in [0.15, 0.2) is 0 Å². The Hall–Kier alpha value is -0.660. The van der Waals surface area contributed by atoms with Gasteiger partial charge in [-0.1, -0.05) is 20.3 Å². The fourth-order valence-corrected chi connectivity index (χ4v) is 3.15. The lowest BCUT2D eigenvalue weighted by Crippen LogP contribution is -2.41. The summed E-state index contributed by atoms with van der Waals surface area (Å²) in [6.07, 6.45) is 3.70. The summed E-state index contributed by atoms with van der Waals surface area (Å²) >= 11 is 0. The average molecular weight is 294 g/mol. The van der Waals surface area contributed by atoms with Crippen LogP contribution in [0.15, 0.2) is 0 Å².